The smallest absolute Gasteiger partial charge is 0.290 e. The highest BCUT2D eigenvalue weighted by Gasteiger charge is 2.25. The van der Waals surface area contributed by atoms with Crippen molar-refractivity contribution < 1.29 is 19.1 Å². The van der Waals surface area contributed by atoms with Crippen molar-refractivity contribution in [3.8, 4) is 11.6 Å². The van der Waals surface area contributed by atoms with Crippen molar-refractivity contribution in [2.24, 2.45) is 0 Å². The Morgan fingerprint density at radius 1 is 1.48 bits per heavy atom. The van der Waals surface area contributed by atoms with Crippen molar-refractivity contribution in [2.75, 3.05) is 6.54 Å². The fourth-order valence-corrected chi connectivity index (χ4v) is 2.35. The highest BCUT2D eigenvalue weighted by Crippen LogP contribution is 2.25. The van der Waals surface area contributed by atoms with E-state index < -0.39 is 0 Å². The van der Waals surface area contributed by atoms with Gasteiger partial charge < -0.3 is 19.4 Å². The van der Waals surface area contributed by atoms with E-state index in [9.17, 15) is 4.79 Å². The highest BCUT2D eigenvalue weighted by molar-refractivity contribution is 5.81. The van der Waals surface area contributed by atoms with Gasteiger partial charge >= 0.3 is 0 Å². The van der Waals surface area contributed by atoms with Gasteiger partial charge in [0.2, 0.25) is 5.91 Å². The van der Waals surface area contributed by atoms with Gasteiger partial charge in [0.1, 0.15) is 6.04 Å². The maximum absolute atomic E-state index is 12.0. The van der Waals surface area contributed by atoms with Crippen LogP contribution in [-0.4, -0.2) is 33.6 Å². The molecule has 0 saturated carbocycles. The van der Waals surface area contributed by atoms with Crippen LogP contribution in [0.25, 0.3) is 11.6 Å². The summed E-state index contributed by atoms with van der Waals surface area (Å²) in [5.74, 6) is 1.47. The Morgan fingerprint density at radius 2 is 2.29 bits per heavy atom. The zero-order valence-corrected chi connectivity index (χ0v) is 11.4. The van der Waals surface area contributed by atoms with Gasteiger partial charge in [-0.25, -0.2) is 4.98 Å². The summed E-state index contributed by atoms with van der Waals surface area (Å²) < 4.78 is 7.26. The third-order valence-electron chi connectivity index (χ3n) is 3.25. The second-order valence-electron chi connectivity index (χ2n) is 4.54. The minimum atomic E-state index is -0.250. The quantitative estimate of drug-likeness (QED) is 0.820. The van der Waals surface area contributed by atoms with Crippen LogP contribution in [-0.2, 0) is 9.59 Å². The van der Waals surface area contributed by atoms with Crippen LogP contribution >= 0.6 is 0 Å². The summed E-state index contributed by atoms with van der Waals surface area (Å²) in [6.07, 6.45) is 8.08. The van der Waals surface area contributed by atoms with Crippen LogP contribution in [0.5, 0.6) is 0 Å². The summed E-state index contributed by atoms with van der Waals surface area (Å²) in [4.78, 5) is 24.7. The summed E-state index contributed by atoms with van der Waals surface area (Å²) in [5.41, 5.74) is 0. The molecule has 0 aromatic carbocycles. The van der Waals surface area contributed by atoms with Gasteiger partial charge in [0, 0.05) is 18.9 Å². The summed E-state index contributed by atoms with van der Waals surface area (Å²) in [7, 11) is 0. The molecule has 3 heterocycles. The standard InChI is InChI=1S/C13H15N3O2.CH2O2/c17-13-10(4-1-2-6-15-13)16-8-7-14-12(16)11-5-3-9-18-11;2-1-3/h3,5,7-10H,1-2,4,6H2,(H,15,17);1H,(H,2,3). The number of rotatable bonds is 2. The van der Waals surface area contributed by atoms with Gasteiger partial charge in [0.25, 0.3) is 6.47 Å². The molecule has 2 aromatic rings. The van der Waals surface area contributed by atoms with Crippen molar-refractivity contribution in [3.63, 3.8) is 0 Å². The van der Waals surface area contributed by atoms with Crippen molar-refractivity contribution in [1.82, 2.24) is 14.9 Å². The molecular formula is C14H17N3O4. The summed E-state index contributed by atoms with van der Waals surface area (Å²) in [6, 6.07) is 3.49. The van der Waals surface area contributed by atoms with Crippen LogP contribution in [0.3, 0.4) is 0 Å². The topological polar surface area (TPSA) is 97.4 Å². The number of nitrogens with one attached hydrogen (secondary N) is 1. The molecule has 3 rings (SSSR count). The number of nitrogens with zero attached hydrogens (tertiary/aromatic N) is 2. The minimum Gasteiger partial charge on any atom is -0.483 e. The molecule has 7 heteroatoms. The number of hydrogen-bond donors (Lipinski definition) is 2. The normalized spacial score (nSPS) is 18.1. The lowest BCUT2D eigenvalue weighted by molar-refractivity contribution is -0.124. The molecule has 1 saturated heterocycles. The average molecular weight is 291 g/mol. The average Bonchev–Trinajstić information content (AvgIpc) is 3.10. The zero-order valence-electron chi connectivity index (χ0n) is 11.4. The fourth-order valence-electron chi connectivity index (χ4n) is 2.35. The van der Waals surface area contributed by atoms with E-state index in [0.717, 1.165) is 25.8 Å². The maximum atomic E-state index is 12.0. The van der Waals surface area contributed by atoms with Crippen LogP contribution in [0.1, 0.15) is 25.3 Å². The lowest BCUT2D eigenvalue weighted by Gasteiger charge is -2.16. The molecule has 1 amide bonds. The molecule has 0 radical (unpaired) electrons. The van der Waals surface area contributed by atoms with Crippen LogP contribution < -0.4 is 5.32 Å². The van der Waals surface area contributed by atoms with Gasteiger partial charge in [-0.05, 0) is 31.4 Å². The van der Waals surface area contributed by atoms with E-state index in [1.54, 1.807) is 12.5 Å². The number of carboxylic acid groups (broad SMARTS) is 1. The van der Waals surface area contributed by atoms with Gasteiger partial charge in [-0.15, -0.1) is 0 Å². The van der Waals surface area contributed by atoms with E-state index in [4.69, 9.17) is 14.3 Å². The number of imidazole rings is 1. The van der Waals surface area contributed by atoms with Crippen LogP contribution in [0, 0.1) is 0 Å². The number of furan rings is 1. The Bertz CT molecular complexity index is 577. The van der Waals surface area contributed by atoms with Gasteiger partial charge in [-0.3, -0.25) is 9.59 Å². The Labute approximate surface area is 121 Å². The van der Waals surface area contributed by atoms with E-state index in [1.807, 2.05) is 22.9 Å². The predicted octanol–water partition coefficient (Wildman–Crippen LogP) is 1.69. The first-order valence-electron chi connectivity index (χ1n) is 6.70. The largest absolute Gasteiger partial charge is 0.483 e. The lowest BCUT2D eigenvalue weighted by Crippen LogP contribution is -2.30. The molecular weight excluding hydrogens is 274 g/mol. The summed E-state index contributed by atoms with van der Waals surface area (Å²) in [6.45, 7) is 0.514. The maximum Gasteiger partial charge on any atom is 0.290 e. The molecule has 0 spiro atoms. The summed E-state index contributed by atoms with van der Waals surface area (Å²) >= 11 is 0. The molecule has 1 aliphatic heterocycles. The number of carbonyl (C=O) groups excluding carboxylic acids is 1. The highest BCUT2D eigenvalue weighted by atomic mass is 16.3. The van der Waals surface area contributed by atoms with E-state index in [2.05, 4.69) is 10.3 Å². The first-order chi connectivity index (χ1) is 10.3. The Morgan fingerprint density at radius 3 is 3.00 bits per heavy atom. The van der Waals surface area contributed by atoms with Gasteiger partial charge in [-0.1, -0.05) is 0 Å². The second kappa shape index (κ2) is 7.28. The first-order valence-corrected chi connectivity index (χ1v) is 6.70. The zero-order chi connectivity index (χ0) is 15.1. The van der Waals surface area contributed by atoms with Crippen molar-refractivity contribution in [2.45, 2.75) is 25.3 Å². The SMILES string of the molecule is O=C1NCCCCC1n1ccnc1-c1ccco1.O=CO. The minimum absolute atomic E-state index is 0.0679. The monoisotopic (exact) mass is 291 g/mol. The fraction of sp³-hybridized carbons (Fsp3) is 0.357. The van der Waals surface area contributed by atoms with Crippen molar-refractivity contribution in [1.29, 1.82) is 0 Å². The molecule has 7 nitrogen and oxygen atoms in total. The van der Waals surface area contributed by atoms with E-state index in [-0.39, 0.29) is 18.4 Å². The van der Waals surface area contributed by atoms with E-state index >= 15 is 0 Å². The Kier molecular flexibility index (Phi) is 5.14. The molecule has 0 bridgehead atoms. The number of amides is 1. The van der Waals surface area contributed by atoms with E-state index in [0.29, 0.717) is 11.6 Å². The molecule has 112 valence electrons. The third-order valence-corrected chi connectivity index (χ3v) is 3.25. The van der Waals surface area contributed by atoms with E-state index in [1.165, 1.54) is 0 Å². The van der Waals surface area contributed by atoms with Crippen LogP contribution in [0.4, 0.5) is 0 Å². The number of hydrogen-bond acceptors (Lipinski definition) is 4. The Hall–Kier alpha value is -2.57. The lowest BCUT2D eigenvalue weighted by atomic mass is 10.1. The molecule has 1 unspecified atom stereocenters. The molecule has 2 aromatic heterocycles. The van der Waals surface area contributed by atoms with Crippen molar-refractivity contribution >= 4 is 12.4 Å². The molecule has 1 aliphatic rings. The molecule has 0 aliphatic carbocycles. The van der Waals surface area contributed by atoms with Crippen LogP contribution in [0.2, 0.25) is 0 Å². The first kappa shape index (κ1) is 14.8. The summed E-state index contributed by atoms with van der Waals surface area (Å²) in [5, 5.41) is 9.83. The van der Waals surface area contributed by atoms with Crippen LogP contribution in [0.15, 0.2) is 35.2 Å². The second-order valence-corrected chi connectivity index (χ2v) is 4.54. The molecule has 21 heavy (non-hydrogen) atoms. The third kappa shape index (κ3) is 3.50. The molecule has 1 fully saturated rings. The predicted molar refractivity (Wildman–Crippen MR) is 74.5 cm³/mol. The van der Waals surface area contributed by atoms with Crippen molar-refractivity contribution in [3.05, 3.63) is 30.8 Å². The Balaban J connectivity index is 0.000000497. The van der Waals surface area contributed by atoms with Gasteiger partial charge in [0.05, 0.1) is 6.26 Å². The number of carbonyl (C=O) groups is 2. The molecule has 1 atom stereocenters. The van der Waals surface area contributed by atoms with Gasteiger partial charge in [-0.2, -0.15) is 0 Å². The van der Waals surface area contributed by atoms with Gasteiger partial charge in [0.15, 0.2) is 11.6 Å². The number of aromatic nitrogens is 2. The molecule has 2 N–H and O–H groups in total.